The Morgan fingerprint density at radius 3 is 2.65 bits per heavy atom. The second-order valence-electron chi connectivity index (χ2n) is 4.66. The molecule has 0 saturated heterocycles. The number of aromatic nitrogens is 1. The number of anilines is 1. The summed E-state index contributed by atoms with van der Waals surface area (Å²) in [6, 6.07) is 14.9. The summed E-state index contributed by atoms with van der Waals surface area (Å²) < 4.78 is 0. The molecule has 0 aliphatic carbocycles. The van der Waals surface area contributed by atoms with Gasteiger partial charge in [-0.2, -0.15) is 0 Å². The van der Waals surface area contributed by atoms with Crippen molar-refractivity contribution in [1.82, 2.24) is 10.3 Å². The van der Waals surface area contributed by atoms with E-state index in [0.29, 0.717) is 17.8 Å². The average molecular weight is 265 g/mol. The summed E-state index contributed by atoms with van der Waals surface area (Å²) in [7, 11) is 0. The molecule has 2 aromatic carbocycles. The number of nitrogen functional groups attached to an aromatic ring is 1. The molecule has 20 heavy (non-hydrogen) atoms. The summed E-state index contributed by atoms with van der Waals surface area (Å²) in [6.45, 7) is 0.493. The summed E-state index contributed by atoms with van der Waals surface area (Å²) in [4.78, 5) is 15.2. The SMILES string of the molecule is Nc1ccc(C(=O)NCc2c[nH]c3ccccc23)cc1. The number of nitrogens with two attached hydrogens (primary N) is 1. The Labute approximate surface area is 116 Å². The van der Waals surface area contributed by atoms with Crippen LogP contribution in [-0.4, -0.2) is 10.9 Å². The maximum absolute atomic E-state index is 12.0. The fourth-order valence-electron chi connectivity index (χ4n) is 2.19. The molecule has 0 unspecified atom stereocenters. The van der Waals surface area contributed by atoms with E-state index in [1.54, 1.807) is 24.3 Å². The van der Waals surface area contributed by atoms with Gasteiger partial charge in [0.15, 0.2) is 0 Å². The molecule has 0 fully saturated rings. The highest BCUT2D eigenvalue weighted by molar-refractivity contribution is 5.94. The molecule has 1 aromatic heterocycles. The minimum Gasteiger partial charge on any atom is -0.399 e. The zero-order valence-electron chi connectivity index (χ0n) is 10.9. The topological polar surface area (TPSA) is 70.9 Å². The van der Waals surface area contributed by atoms with E-state index in [4.69, 9.17) is 5.73 Å². The molecule has 0 atom stereocenters. The van der Waals surface area contributed by atoms with Crippen molar-refractivity contribution in [2.75, 3.05) is 5.73 Å². The molecule has 4 nitrogen and oxygen atoms in total. The standard InChI is InChI=1S/C16H15N3O/c17-13-7-5-11(6-8-13)16(20)19-10-12-9-18-15-4-2-1-3-14(12)15/h1-9,18H,10,17H2,(H,19,20). The van der Waals surface area contributed by atoms with Gasteiger partial charge in [0.05, 0.1) is 0 Å². The van der Waals surface area contributed by atoms with Crippen molar-refractivity contribution in [2.24, 2.45) is 0 Å². The first-order chi connectivity index (χ1) is 9.74. The maximum Gasteiger partial charge on any atom is 0.251 e. The average Bonchev–Trinajstić information content (AvgIpc) is 2.89. The van der Waals surface area contributed by atoms with Gasteiger partial charge in [0, 0.05) is 34.9 Å². The van der Waals surface area contributed by atoms with Crippen LogP contribution in [0.3, 0.4) is 0 Å². The fraction of sp³-hybridized carbons (Fsp3) is 0.0625. The molecule has 3 rings (SSSR count). The number of para-hydroxylation sites is 1. The van der Waals surface area contributed by atoms with Crippen LogP contribution in [0.5, 0.6) is 0 Å². The lowest BCUT2D eigenvalue weighted by molar-refractivity contribution is 0.0951. The van der Waals surface area contributed by atoms with E-state index in [0.717, 1.165) is 16.5 Å². The number of hydrogen-bond donors (Lipinski definition) is 3. The van der Waals surface area contributed by atoms with Gasteiger partial charge in [0.2, 0.25) is 0 Å². The van der Waals surface area contributed by atoms with E-state index in [-0.39, 0.29) is 5.91 Å². The first-order valence-corrected chi connectivity index (χ1v) is 6.43. The van der Waals surface area contributed by atoms with E-state index >= 15 is 0 Å². The van der Waals surface area contributed by atoms with Gasteiger partial charge in [-0.05, 0) is 35.9 Å². The van der Waals surface area contributed by atoms with E-state index in [1.807, 2.05) is 30.5 Å². The lowest BCUT2D eigenvalue weighted by Crippen LogP contribution is -2.22. The van der Waals surface area contributed by atoms with Crippen LogP contribution in [0.15, 0.2) is 54.7 Å². The van der Waals surface area contributed by atoms with Crippen molar-refractivity contribution in [3.8, 4) is 0 Å². The van der Waals surface area contributed by atoms with Gasteiger partial charge < -0.3 is 16.0 Å². The Bertz CT molecular complexity index is 744. The van der Waals surface area contributed by atoms with Crippen LogP contribution in [0.2, 0.25) is 0 Å². The van der Waals surface area contributed by atoms with Gasteiger partial charge in [0.1, 0.15) is 0 Å². The van der Waals surface area contributed by atoms with E-state index in [1.165, 1.54) is 0 Å². The minimum atomic E-state index is -0.102. The van der Waals surface area contributed by atoms with Crippen LogP contribution in [0.4, 0.5) is 5.69 Å². The highest BCUT2D eigenvalue weighted by Gasteiger charge is 2.07. The van der Waals surface area contributed by atoms with Crippen molar-refractivity contribution in [1.29, 1.82) is 0 Å². The Morgan fingerprint density at radius 2 is 1.85 bits per heavy atom. The molecular formula is C16H15N3O. The molecular weight excluding hydrogens is 250 g/mol. The highest BCUT2D eigenvalue weighted by Crippen LogP contribution is 2.17. The van der Waals surface area contributed by atoms with Gasteiger partial charge in [0.25, 0.3) is 5.91 Å². The van der Waals surface area contributed by atoms with Crippen molar-refractivity contribution in [2.45, 2.75) is 6.54 Å². The Hall–Kier alpha value is -2.75. The first kappa shape index (κ1) is 12.3. The summed E-state index contributed by atoms with van der Waals surface area (Å²) in [5.74, 6) is -0.102. The van der Waals surface area contributed by atoms with Gasteiger partial charge in [-0.15, -0.1) is 0 Å². The van der Waals surface area contributed by atoms with E-state index in [9.17, 15) is 4.79 Å². The number of H-pyrrole nitrogens is 1. The molecule has 0 spiro atoms. The van der Waals surface area contributed by atoms with Crippen molar-refractivity contribution < 1.29 is 4.79 Å². The molecule has 0 aliphatic rings. The number of benzene rings is 2. The predicted molar refractivity (Wildman–Crippen MR) is 80.3 cm³/mol. The second-order valence-corrected chi connectivity index (χ2v) is 4.66. The van der Waals surface area contributed by atoms with Crippen LogP contribution in [0, 0.1) is 0 Å². The molecule has 4 heteroatoms. The lowest BCUT2D eigenvalue weighted by Gasteiger charge is -2.05. The third-order valence-electron chi connectivity index (χ3n) is 3.29. The molecule has 0 radical (unpaired) electrons. The van der Waals surface area contributed by atoms with Gasteiger partial charge in [-0.3, -0.25) is 4.79 Å². The summed E-state index contributed by atoms with van der Waals surface area (Å²) in [5, 5.41) is 4.04. The third kappa shape index (κ3) is 2.36. The number of nitrogens with one attached hydrogen (secondary N) is 2. The number of rotatable bonds is 3. The molecule has 0 aliphatic heterocycles. The molecule has 0 saturated carbocycles. The molecule has 3 aromatic rings. The van der Waals surface area contributed by atoms with E-state index in [2.05, 4.69) is 10.3 Å². The second kappa shape index (κ2) is 5.09. The number of carbonyl (C=O) groups is 1. The van der Waals surface area contributed by atoms with Crippen LogP contribution < -0.4 is 11.1 Å². The molecule has 100 valence electrons. The number of carbonyl (C=O) groups excluding carboxylic acids is 1. The van der Waals surface area contributed by atoms with E-state index < -0.39 is 0 Å². The van der Waals surface area contributed by atoms with Crippen LogP contribution >= 0.6 is 0 Å². The largest absolute Gasteiger partial charge is 0.399 e. The van der Waals surface area contributed by atoms with Crippen molar-refractivity contribution in [3.63, 3.8) is 0 Å². The van der Waals surface area contributed by atoms with Gasteiger partial charge in [-0.1, -0.05) is 18.2 Å². The molecule has 1 heterocycles. The Morgan fingerprint density at radius 1 is 1.10 bits per heavy atom. The molecule has 1 amide bonds. The first-order valence-electron chi connectivity index (χ1n) is 6.43. The Balaban J connectivity index is 1.73. The van der Waals surface area contributed by atoms with Gasteiger partial charge >= 0.3 is 0 Å². The van der Waals surface area contributed by atoms with Crippen LogP contribution in [0.25, 0.3) is 10.9 Å². The number of aromatic amines is 1. The zero-order valence-corrected chi connectivity index (χ0v) is 10.9. The Kier molecular flexibility index (Phi) is 3.13. The zero-order chi connectivity index (χ0) is 13.9. The van der Waals surface area contributed by atoms with Crippen molar-refractivity contribution in [3.05, 3.63) is 65.9 Å². The normalized spacial score (nSPS) is 10.6. The maximum atomic E-state index is 12.0. The predicted octanol–water partition coefficient (Wildman–Crippen LogP) is 2.68. The molecule has 0 bridgehead atoms. The highest BCUT2D eigenvalue weighted by atomic mass is 16.1. The molecule has 4 N–H and O–H groups in total. The lowest BCUT2D eigenvalue weighted by atomic mass is 10.1. The summed E-state index contributed by atoms with van der Waals surface area (Å²) in [6.07, 6.45) is 1.92. The number of amides is 1. The fourth-order valence-corrected chi connectivity index (χ4v) is 2.19. The van der Waals surface area contributed by atoms with Crippen LogP contribution in [-0.2, 0) is 6.54 Å². The monoisotopic (exact) mass is 265 g/mol. The van der Waals surface area contributed by atoms with Gasteiger partial charge in [-0.25, -0.2) is 0 Å². The van der Waals surface area contributed by atoms with Crippen molar-refractivity contribution >= 4 is 22.5 Å². The summed E-state index contributed by atoms with van der Waals surface area (Å²) in [5.41, 5.74) is 9.01. The van der Waals surface area contributed by atoms with Crippen LogP contribution in [0.1, 0.15) is 15.9 Å². The summed E-state index contributed by atoms with van der Waals surface area (Å²) >= 11 is 0. The minimum absolute atomic E-state index is 0.102. The smallest absolute Gasteiger partial charge is 0.251 e. The number of hydrogen-bond acceptors (Lipinski definition) is 2. The number of fused-ring (bicyclic) bond motifs is 1. The quantitative estimate of drug-likeness (QED) is 0.637. The third-order valence-corrected chi connectivity index (χ3v) is 3.29.